The average Bonchev–Trinajstić information content (AvgIpc) is 2.30. The highest BCUT2D eigenvalue weighted by Gasteiger charge is 2.09. The molecule has 0 spiro atoms. The Balaban J connectivity index is 2.72. The second-order valence-corrected chi connectivity index (χ2v) is 3.80. The monoisotopic (exact) mass is 230 g/mol. The molecular weight excluding hydrogens is 216 g/mol. The fourth-order valence-electron chi connectivity index (χ4n) is 1.85. The van der Waals surface area contributed by atoms with Crippen LogP contribution in [0.25, 0.3) is 5.69 Å². The Labute approximate surface area is 99.0 Å². The van der Waals surface area contributed by atoms with Gasteiger partial charge in [0.1, 0.15) is 6.33 Å². The molecule has 1 aromatic heterocycles. The van der Waals surface area contributed by atoms with Crippen LogP contribution < -0.4 is 11.4 Å². The lowest BCUT2D eigenvalue weighted by Crippen LogP contribution is -2.24. The van der Waals surface area contributed by atoms with E-state index in [-0.39, 0.29) is 5.95 Å². The van der Waals surface area contributed by atoms with Crippen molar-refractivity contribution in [3.8, 4) is 5.69 Å². The van der Waals surface area contributed by atoms with Crippen LogP contribution in [0, 0.1) is 6.92 Å². The molecule has 0 aliphatic carbocycles. The van der Waals surface area contributed by atoms with E-state index < -0.39 is 5.69 Å². The number of nitrogens with zero attached hydrogens (tertiary/aromatic N) is 3. The van der Waals surface area contributed by atoms with Gasteiger partial charge in [-0.3, -0.25) is 4.57 Å². The zero-order chi connectivity index (χ0) is 12.4. The zero-order valence-corrected chi connectivity index (χ0v) is 9.84. The molecule has 0 saturated carbocycles. The van der Waals surface area contributed by atoms with E-state index in [0.717, 1.165) is 23.2 Å². The van der Waals surface area contributed by atoms with Crippen LogP contribution in [0.3, 0.4) is 0 Å². The van der Waals surface area contributed by atoms with Crippen molar-refractivity contribution in [1.29, 1.82) is 0 Å². The Morgan fingerprint density at radius 3 is 2.82 bits per heavy atom. The van der Waals surface area contributed by atoms with Gasteiger partial charge in [0.25, 0.3) is 0 Å². The first kappa shape index (κ1) is 11.3. The van der Waals surface area contributed by atoms with Gasteiger partial charge in [-0.15, -0.1) is 0 Å². The fourth-order valence-corrected chi connectivity index (χ4v) is 1.85. The summed E-state index contributed by atoms with van der Waals surface area (Å²) in [6.45, 7) is 4.00. The molecule has 1 heterocycles. The number of aromatic nitrogens is 3. The number of hydrogen-bond donors (Lipinski definition) is 1. The molecule has 0 unspecified atom stereocenters. The van der Waals surface area contributed by atoms with Crippen LogP contribution in [-0.4, -0.2) is 14.5 Å². The van der Waals surface area contributed by atoms with Crippen LogP contribution in [-0.2, 0) is 6.42 Å². The maximum absolute atomic E-state index is 11.8. The zero-order valence-electron chi connectivity index (χ0n) is 9.84. The van der Waals surface area contributed by atoms with Crippen LogP contribution in [0.4, 0.5) is 5.95 Å². The normalized spacial score (nSPS) is 10.5. The number of aryl methyl sites for hydroxylation is 2. The standard InChI is InChI=1S/C12H14N4O/c1-3-9-6-4-5-8(2)10(9)16-7-14-11(13)15-12(16)17/h4-7H,3H2,1-2H3,(H2,13,15,17). The molecule has 0 aliphatic heterocycles. The molecule has 1 aromatic carbocycles. The van der Waals surface area contributed by atoms with Crippen molar-refractivity contribution >= 4 is 5.95 Å². The fraction of sp³-hybridized carbons (Fsp3) is 0.250. The van der Waals surface area contributed by atoms with Gasteiger partial charge >= 0.3 is 5.69 Å². The molecule has 88 valence electrons. The summed E-state index contributed by atoms with van der Waals surface area (Å²) in [6.07, 6.45) is 2.26. The van der Waals surface area contributed by atoms with Crippen LogP contribution in [0.15, 0.2) is 29.3 Å². The lowest BCUT2D eigenvalue weighted by atomic mass is 10.1. The van der Waals surface area contributed by atoms with Gasteiger partial charge < -0.3 is 5.73 Å². The van der Waals surface area contributed by atoms with Crippen LogP contribution in [0.5, 0.6) is 0 Å². The molecule has 0 radical (unpaired) electrons. The summed E-state index contributed by atoms with van der Waals surface area (Å²) >= 11 is 0. The highest BCUT2D eigenvalue weighted by atomic mass is 16.1. The van der Waals surface area contributed by atoms with Gasteiger partial charge in [-0.05, 0) is 24.5 Å². The van der Waals surface area contributed by atoms with Crippen molar-refractivity contribution in [2.75, 3.05) is 5.73 Å². The lowest BCUT2D eigenvalue weighted by molar-refractivity contribution is 0.848. The SMILES string of the molecule is CCc1cccc(C)c1-n1cnc(N)nc1=O. The smallest absolute Gasteiger partial charge is 0.356 e. The third-order valence-corrected chi connectivity index (χ3v) is 2.66. The minimum atomic E-state index is -0.401. The maximum atomic E-state index is 11.8. The quantitative estimate of drug-likeness (QED) is 0.837. The molecule has 0 fully saturated rings. The average molecular weight is 230 g/mol. The van der Waals surface area contributed by atoms with E-state index in [4.69, 9.17) is 5.73 Å². The summed E-state index contributed by atoms with van der Waals surface area (Å²) in [6, 6.07) is 5.92. The predicted octanol–water partition coefficient (Wildman–Crippen LogP) is 1.08. The minimum Gasteiger partial charge on any atom is -0.368 e. The van der Waals surface area contributed by atoms with Crippen molar-refractivity contribution in [2.24, 2.45) is 0 Å². The molecule has 2 N–H and O–H groups in total. The Kier molecular flexibility index (Phi) is 2.91. The number of para-hydroxylation sites is 1. The second-order valence-electron chi connectivity index (χ2n) is 3.80. The first-order valence-electron chi connectivity index (χ1n) is 5.43. The van der Waals surface area contributed by atoms with Crippen LogP contribution in [0.2, 0.25) is 0 Å². The number of nitrogen functional groups attached to an aromatic ring is 1. The molecule has 0 aliphatic rings. The number of nitrogens with two attached hydrogens (primary N) is 1. The number of hydrogen-bond acceptors (Lipinski definition) is 4. The van der Waals surface area contributed by atoms with Gasteiger partial charge in [0.15, 0.2) is 0 Å². The maximum Gasteiger partial charge on any atom is 0.356 e. The first-order valence-corrected chi connectivity index (χ1v) is 5.43. The summed E-state index contributed by atoms with van der Waals surface area (Å²) in [4.78, 5) is 19.3. The van der Waals surface area contributed by atoms with E-state index in [2.05, 4.69) is 9.97 Å². The van der Waals surface area contributed by atoms with E-state index in [1.54, 1.807) is 0 Å². The van der Waals surface area contributed by atoms with Crippen LogP contribution >= 0.6 is 0 Å². The Bertz CT molecular complexity index is 604. The summed E-state index contributed by atoms with van der Waals surface area (Å²) in [5, 5.41) is 0. The van der Waals surface area contributed by atoms with Gasteiger partial charge in [0.05, 0.1) is 5.69 Å². The van der Waals surface area contributed by atoms with Crippen molar-refractivity contribution in [3.05, 3.63) is 46.1 Å². The molecule has 2 rings (SSSR count). The molecular formula is C12H14N4O. The summed E-state index contributed by atoms with van der Waals surface area (Å²) < 4.78 is 1.44. The largest absolute Gasteiger partial charge is 0.368 e. The van der Waals surface area contributed by atoms with Gasteiger partial charge in [-0.2, -0.15) is 4.98 Å². The molecule has 0 amide bonds. The highest BCUT2D eigenvalue weighted by Crippen LogP contribution is 2.17. The van der Waals surface area contributed by atoms with Crippen molar-refractivity contribution in [3.63, 3.8) is 0 Å². The molecule has 5 heteroatoms. The number of rotatable bonds is 2. The van der Waals surface area contributed by atoms with E-state index in [0.29, 0.717) is 0 Å². The van der Waals surface area contributed by atoms with E-state index in [9.17, 15) is 4.79 Å². The van der Waals surface area contributed by atoms with E-state index in [1.807, 2.05) is 32.0 Å². The number of benzene rings is 1. The highest BCUT2D eigenvalue weighted by molar-refractivity contribution is 5.47. The van der Waals surface area contributed by atoms with Gasteiger partial charge in [0, 0.05) is 0 Å². The third-order valence-electron chi connectivity index (χ3n) is 2.66. The first-order chi connectivity index (χ1) is 8.13. The van der Waals surface area contributed by atoms with E-state index in [1.165, 1.54) is 10.9 Å². The Morgan fingerprint density at radius 2 is 2.18 bits per heavy atom. The van der Waals surface area contributed by atoms with Gasteiger partial charge in [-0.25, -0.2) is 9.78 Å². The molecule has 5 nitrogen and oxygen atoms in total. The van der Waals surface area contributed by atoms with Crippen molar-refractivity contribution in [1.82, 2.24) is 14.5 Å². The summed E-state index contributed by atoms with van der Waals surface area (Å²) in [7, 11) is 0. The number of anilines is 1. The third kappa shape index (κ3) is 2.04. The molecule has 0 atom stereocenters. The van der Waals surface area contributed by atoms with Crippen LogP contribution in [0.1, 0.15) is 18.1 Å². The minimum absolute atomic E-state index is 0.00196. The van der Waals surface area contributed by atoms with E-state index >= 15 is 0 Å². The molecule has 2 aromatic rings. The summed E-state index contributed by atoms with van der Waals surface area (Å²) in [5.74, 6) is -0.00196. The Morgan fingerprint density at radius 1 is 1.41 bits per heavy atom. The summed E-state index contributed by atoms with van der Waals surface area (Å²) in [5.41, 5.74) is 7.92. The Hall–Kier alpha value is -2.17. The molecule has 0 bridgehead atoms. The topological polar surface area (TPSA) is 73.8 Å². The van der Waals surface area contributed by atoms with Crippen molar-refractivity contribution in [2.45, 2.75) is 20.3 Å². The molecule has 17 heavy (non-hydrogen) atoms. The second kappa shape index (κ2) is 4.37. The van der Waals surface area contributed by atoms with Crippen molar-refractivity contribution < 1.29 is 0 Å². The molecule has 0 saturated heterocycles. The van der Waals surface area contributed by atoms with Gasteiger partial charge in [-0.1, -0.05) is 25.1 Å². The van der Waals surface area contributed by atoms with Gasteiger partial charge in [0.2, 0.25) is 5.95 Å². The predicted molar refractivity (Wildman–Crippen MR) is 66.2 cm³/mol. The lowest BCUT2D eigenvalue weighted by Gasteiger charge is -2.12.